The van der Waals surface area contributed by atoms with E-state index in [1.54, 1.807) is 0 Å². The van der Waals surface area contributed by atoms with Gasteiger partial charge in [-0.05, 0) is 38.4 Å². The lowest BCUT2D eigenvalue weighted by atomic mass is 10.1. The highest BCUT2D eigenvalue weighted by atomic mass is 14.7. The van der Waals surface area contributed by atoms with Crippen LogP contribution in [0.5, 0.6) is 0 Å². The third-order valence-corrected chi connectivity index (χ3v) is 2.20. The van der Waals surface area contributed by atoms with Crippen LogP contribution in [0.3, 0.4) is 0 Å². The smallest absolute Gasteiger partial charge is 0.0422 e. The molecule has 1 heterocycles. The summed E-state index contributed by atoms with van der Waals surface area (Å²) in [4.78, 5) is 4.41. The number of rotatable bonds is 5. The van der Waals surface area contributed by atoms with E-state index >= 15 is 0 Å². The lowest BCUT2D eigenvalue weighted by molar-refractivity contribution is 0.579. The molecule has 1 unspecified atom stereocenters. The highest BCUT2D eigenvalue weighted by Gasteiger charge is 2.04. The maximum Gasteiger partial charge on any atom is 0.0422 e. The minimum atomic E-state index is 0.188. The van der Waals surface area contributed by atoms with Gasteiger partial charge >= 0.3 is 0 Å². The Hall–Kier alpha value is -0.930. The summed E-state index contributed by atoms with van der Waals surface area (Å²) < 4.78 is 0. The maximum absolute atomic E-state index is 5.95. The number of hydrogen-bond donors (Lipinski definition) is 2. The first-order valence-corrected chi connectivity index (χ1v) is 5.10. The van der Waals surface area contributed by atoms with Crippen molar-refractivity contribution in [2.45, 2.75) is 32.2 Å². The first kappa shape index (κ1) is 11.1. The zero-order chi connectivity index (χ0) is 10.4. The van der Waals surface area contributed by atoms with Crippen LogP contribution in [0.25, 0.3) is 0 Å². The van der Waals surface area contributed by atoms with Crippen LogP contribution in [0.15, 0.2) is 18.2 Å². The molecule has 0 radical (unpaired) electrons. The van der Waals surface area contributed by atoms with Gasteiger partial charge in [-0.3, -0.25) is 4.98 Å². The normalized spacial score (nSPS) is 12.8. The van der Waals surface area contributed by atoms with E-state index in [-0.39, 0.29) is 6.04 Å². The Morgan fingerprint density at radius 3 is 2.86 bits per heavy atom. The average molecular weight is 193 g/mol. The highest BCUT2D eigenvalue weighted by molar-refractivity contribution is 5.10. The van der Waals surface area contributed by atoms with E-state index in [1.165, 1.54) is 0 Å². The molecule has 1 aromatic rings. The molecule has 0 spiro atoms. The van der Waals surface area contributed by atoms with Crippen molar-refractivity contribution in [1.82, 2.24) is 4.98 Å². The van der Waals surface area contributed by atoms with Crippen molar-refractivity contribution in [1.29, 1.82) is 0 Å². The van der Waals surface area contributed by atoms with Crippen LogP contribution in [0.1, 0.15) is 24.2 Å². The molecule has 0 fully saturated rings. The molecule has 3 nitrogen and oxygen atoms in total. The summed E-state index contributed by atoms with van der Waals surface area (Å²) in [5.74, 6) is 0. The first-order chi connectivity index (χ1) is 6.72. The molecule has 14 heavy (non-hydrogen) atoms. The van der Waals surface area contributed by atoms with Crippen molar-refractivity contribution < 1.29 is 0 Å². The molecule has 0 saturated carbocycles. The van der Waals surface area contributed by atoms with Crippen molar-refractivity contribution in [2.24, 2.45) is 11.5 Å². The fourth-order valence-electron chi connectivity index (χ4n) is 1.46. The lowest BCUT2D eigenvalue weighted by Crippen LogP contribution is -2.24. The van der Waals surface area contributed by atoms with Gasteiger partial charge in [0.2, 0.25) is 0 Å². The zero-order valence-corrected chi connectivity index (χ0v) is 8.74. The number of aromatic nitrogens is 1. The summed E-state index contributed by atoms with van der Waals surface area (Å²) in [6.45, 7) is 2.71. The Balaban J connectivity index is 2.43. The molecule has 0 aliphatic rings. The Morgan fingerprint density at radius 2 is 2.21 bits per heavy atom. The second-order valence-corrected chi connectivity index (χ2v) is 3.67. The van der Waals surface area contributed by atoms with Crippen LogP contribution < -0.4 is 11.5 Å². The van der Waals surface area contributed by atoms with Crippen LogP contribution in [-0.4, -0.2) is 17.6 Å². The quantitative estimate of drug-likeness (QED) is 0.733. The number of nitrogens with zero attached hydrogens (tertiary/aromatic N) is 1. The largest absolute Gasteiger partial charge is 0.330 e. The first-order valence-electron chi connectivity index (χ1n) is 5.10. The van der Waals surface area contributed by atoms with Crippen LogP contribution in [0.2, 0.25) is 0 Å². The summed E-state index contributed by atoms with van der Waals surface area (Å²) in [6, 6.07) is 6.23. The summed E-state index contributed by atoms with van der Waals surface area (Å²) in [5, 5.41) is 0. The topological polar surface area (TPSA) is 64.9 Å². The van der Waals surface area contributed by atoms with Crippen LogP contribution >= 0.6 is 0 Å². The van der Waals surface area contributed by atoms with E-state index in [4.69, 9.17) is 11.5 Å². The fraction of sp³-hybridized carbons (Fsp3) is 0.545. The van der Waals surface area contributed by atoms with Gasteiger partial charge in [0.05, 0.1) is 0 Å². The van der Waals surface area contributed by atoms with Gasteiger partial charge in [-0.2, -0.15) is 0 Å². The van der Waals surface area contributed by atoms with Crippen LogP contribution in [0.4, 0.5) is 0 Å². The van der Waals surface area contributed by atoms with Gasteiger partial charge in [0.25, 0.3) is 0 Å². The van der Waals surface area contributed by atoms with E-state index in [9.17, 15) is 0 Å². The van der Waals surface area contributed by atoms with E-state index in [2.05, 4.69) is 4.98 Å². The van der Waals surface area contributed by atoms with E-state index in [0.29, 0.717) is 0 Å². The molecule has 78 valence electrons. The zero-order valence-electron chi connectivity index (χ0n) is 8.74. The molecule has 0 aliphatic carbocycles. The summed E-state index contributed by atoms with van der Waals surface area (Å²) in [7, 11) is 0. The Labute approximate surface area is 85.5 Å². The molecule has 0 aliphatic heterocycles. The molecule has 1 rings (SSSR count). The Bertz CT molecular complexity index is 273. The van der Waals surface area contributed by atoms with Crippen LogP contribution in [-0.2, 0) is 6.42 Å². The molecular weight excluding hydrogens is 174 g/mol. The molecule has 0 aromatic carbocycles. The van der Waals surface area contributed by atoms with Gasteiger partial charge in [0.15, 0.2) is 0 Å². The van der Waals surface area contributed by atoms with Gasteiger partial charge < -0.3 is 11.5 Å². The Kier molecular flexibility index (Phi) is 4.56. The van der Waals surface area contributed by atoms with Gasteiger partial charge in [-0.25, -0.2) is 0 Å². The van der Waals surface area contributed by atoms with Crippen molar-refractivity contribution in [3.8, 4) is 0 Å². The fourth-order valence-corrected chi connectivity index (χ4v) is 1.46. The monoisotopic (exact) mass is 193 g/mol. The third kappa shape index (κ3) is 3.85. The highest BCUT2D eigenvalue weighted by Crippen LogP contribution is 2.04. The van der Waals surface area contributed by atoms with Crippen LogP contribution in [0, 0.1) is 6.92 Å². The number of pyridine rings is 1. The summed E-state index contributed by atoms with van der Waals surface area (Å²) in [6.07, 6.45) is 2.82. The molecule has 3 heteroatoms. The summed E-state index contributed by atoms with van der Waals surface area (Å²) >= 11 is 0. The molecular formula is C11H19N3. The van der Waals surface area contributed by atoms with Crippen molar-refractivity contribution in [2.75, 3.05) is 6.54 Å². The predicted octanol–water partition coefficient (Wildman–Crippen LogP) is 0.999. The van der Waals surface area contributed by atoms with Gasteiger partial charge in [-0.1, -0.05) is 6.07 Å². The van der Waals surface area contributed by atoms with E-state index in [0.717, 1.165) is 37.2 Å². The number of nitrogens with two attached hydrogens (primary N) is 2. The van der Waals surface area contributed by atoms with Crippen molar-refractivity contribution in [3.63, 3.8) is 0 Å². The van der Waals surface area contributed by atoms with E-state index < -0.39 is 0 Å². The third-order valence-electron chi connectivity index (χ3n) is 2.20. The molecule has 1 aromatic heterocycles. The lowest BCUT2D eigenvalue weighted by Gasteiger charge is -2.10. The second kappa shape index (κ2) is 5.73. The van der Waals surface area contributed by atoms with E-state index in [1.807, 2.05) is 25.1 Å². The molecule has 1 atom stereocenters. The predicted molar refractivity (Wildman–Crippen MR) is 58.9 cm³/mol. The van der Waals surface area contributed by atoms with Crippen molar-refractivity contribution >= 4 is 0 Å². The van der Waals surface area contributed by atoms with Gasteiger partial charge in [-0.15, -0.1) is 0 Å². The van der Waals surface area contributed by atoms with Gasteiger partial charge in [0.1, 0.15) is 0 Å². The average Bonchev–Trinajstić information content (AvgIpc) is 2.15. The SMILES string of the molecule is Cc1cccc(CC(N)CCCN)n1. The van der Waals surface area contributed by atoms with Crippen molar-refractivity contribution in [3.05, 3.63) is 29.6 Å². The summed E-state index contributed by atoms with van der Waals surface area (Å²) in [5.41, 5.74) is 13.5. The second-order valence-electron chi connectivity index (χ2n) is 3.67. The number of aryl methyl sites for hydroxylation is 1. The molecule has 0 amide bonds. The van der Waals surface area contributed by atoms with Gasteiger partial charge in [0, 0.05) is 23.9 Å². The minimum Gasteiger partial charge on any atom is -0.330 e. The molecule has 0 bridgehead atoms. The minimum absolute atomic E-state index is 0.188. The maximum atomic E-state index is 5.95. The molecule has 0 saturated heterocycles. The number of hydrogen-bond acceptors (Lipinski definition) is 3. The molecule has 4 N–H and O–H groups in total. The Morgan fingerprint density at radius 1 is 1.43 bits per heavy atom. The standard InChI is InChI=1S/C11H19N3/c1-9-4-2-6-11(14-9)8-10(13)5-3-7-12/h2,4,6,10H,3,5,7-8,12-13H2,1H3.